The third kappa shape index (κ3) is 8.63. The molecule has 0 spiro atoms. The number of rotatable bonds is 9. The van der Waals surface area contributed by atoms with E-state index in [2.05, 4.69) is 20.0 Å². The van der Waals surface area contributed by atoms with Crippen molar-refractivity contribution in [2.45, 2.75) is 38.6 Å². The van der Waals surface area contributed by atoms with E-state index < -0.39 is 0 Å². The summed E-state index contributed by atoms with van der Waals surface area (Å²) in [5.74, 6) is 1.21. The highest BCUT2D eigenvalue weighted by molar-refractivity contribution is 6.03. The maximum Gasteiger partial charge on any atom is 0.291 e. The quantitative estimate of drug-likeness (QED) is 0.285. The van der Waals surface area contributed by atoms with E-state index in [4.69, 9.17) is 9.47 Å². The molecule has 2 aromatic heterocycles. The van der Waals surface area contributed by atoms with Crippen LogP contribution in [0.5, 0.6) is 11.5 Å². The second kappa shape index (κ2) is 16.2. The minimum atomic E-state index is -0.305. The molecule has 1 unspecified atom stereocenters. The van der Waals surface area contributed by atoms with Gasteiger partial charge in [0.15, 0.2) is 23.6 Å². The minimum Gasteiger partial charge on any atom is -0.493 e. The highest BCUT2D eigenvalue weighted by atomic mass is 16.5. The molecule has 2 amide bonds. The number of anilines is 1. The van der Waals surface area contributed by atoms with Gasteiger partial charge in [0.25, 0.3) is 11.8 Å². The zero-order chi connectivity index (χ0) is 32.2. The number of hydrogen-bond donors (Lipinski definition) is 1. The molecular formula is C31H40N6O7. The number of ether oxygens (including phenoxy) is 3. The van der Waals surface area contributed by atoms with Crippen LogP contribution >= 0.6 is 0 Å². The van der Waals surface area contributed by atoms with E-state index in [1.54, 1.807) is 88.3 Å². The topological polar surface area (TPSA) is 146 Å². The van der Waals surface area contributed by atoms with Crippen LogP contribution < -0.4 is 14.8 Å². The van der Waals surface area contributed by atoms with Crippen LogP contribution in [0, 0.1) is 0 Å². The van der Waals surface area contributed by atoms with E-state index in [-0.39, 0.29) is 23.6 Å². The molecule has 1 N–H and O–H groups in total. The summed E-state index contributed by atoms with van der Waals surface area (Å²) in [4.78, 5) is 56.5. The zero-order valence-electron chi connectivity index (χ0n) is 26.0. The number of amides is 2. The fourth-order valence-corrected chi connectivity index (χ4v) is 4.66. The number of aromatic nitrogens is 3. The number of aldehydes is 1. The first kappa shape index (κ1) is 33.7. The number of benzene rings is 1. The van der Waals surface area contributed by atoms with Gasteiger partial charge >= 0.3 is 0 Å². The van der Waals surface area contributed by atoms with Crippen LogP contribution in [0.4, 0.5) is 11.4 Å². The van der Waals surface area contributed by atoms with Gasteiger partial charge < -0.3 is 38.4 Å². The number of carbonyl (C=O) groups is 4. The largest absolute Gasteiger partial charge is 0.493 e. The zero-order valence-corrected chi connectivity index (χ0v) is 26.0. The number of methoxy groups -OCH3 is 2. The summed E-state index contributed by atoms with van der Waals surface area (Å²) in [5, 5.41) is 2.68. The van der Waals surface area contributed by atoms with Gasteiger partial charge in [-0.05, 0) is 38.3 Å². The Balaban J connectivity index is 0.000000232. The van der Waals surface area contributed by atoms with Gasteiger partial charge in [-0.2, -0.15) is 0 Å². The number of Topliss-reactive ketones (excluding diaryl/α,β-unsaturated/α-hetero) is 1. The van der Waals surface area contributed by atoms with Crippen molar-refractivity contribution < 1.29 is 33.4 Å². The number of aryl methyl sites for hydroxylation is 2. The van der Waals surface area contributed by atoms with Crippen molar-refractivity contribution in [2.24, 2.45) is 19.1 Å². The van der Waals surface area contributed by atoms with Crippen LogP contribution in [0.25, 0.3) is 0 Å². The molecule has 0 bridgehead atoms. The Morgan fingerprint density at radius 3 is 2.48 bits per heavy atom. The molecule has 5 rings (SSSR count). The van der Waals surface area contributed by atoms with Crippen molar-refractivity contribution >= 4 is 41.5 Å². The number of fused-ring (bicyclic) bond motifs is 2. The van der Waals surface area contributed by atoms with E-state index in [1.807, 2.05) is 11.1 Å². The first-order valence-electron chi connectivity index (χ1n) is 14.1. The van der Waals surface area contributed by atoms with Gasteiger partial charge in [0.1, 0.15) is 5.78 Å². The second-order valence-electron chi connectivity index (χ2n) is 10.3. The molecule has 2 aliphatic heterocycles. The minimum absolute atomic E-state index is 0.00794. The number of nitrogens with one attached hydrogen (secondary N) is 1. The predicted molar refractivity (Wildman–Crippen MR) is 166 cm³/mol. The molecule has 13 nitrogen and oxygen atoms in total. The summed E-state index contributed by atoms with van der Waals surface area (Å²) in [6.07, 6.45) is 10.6. The molecule has 1 atom stereocenters. The van der Waals surface area contributed by atoms with Crippen molar-refractivity contribution in [3.63, 3.8) is 0 Å². The van der Waals surface area contributed by atoms with Gasteiger partial charge in [-0.25, -0.2) is 4.98 Å². The highest BCUT2D eigenvalue weighted by Crippen LogP contribution is 2.38. The van der Waals surface area contributed by atoms with Crippen LogP contribution in [0.1, 0.15) is 64.1 Å². The molecule has 13 heteroatoms. The number of imidazole rings is 1. The third-order valence-corrected chi connectivity index (χ3v) is 6.84. The van der Waals surface area contributed by atoms with E-state index in [1.165, 1.54) is 0 Å². The number of ketones is 1. The fraction of sp³-hybridized carbons (Fsp3) is 0.419. The molecule has 4 heterocycles. The van der Waals surface area contributed by atoms with E-state index in [9.17, 15) is 19.2 Å². The maximum atomic E-state index is 12.7. The second-order valence-corrected chi connectivity index (χ2v) is 10.3. The summed E-state index contributed by atoms with van der Waals surface area (Å²) < 4.78 is 18.6. The Kier molecular flexibility index (Phi) is 12.4. The molecule has 1 aromatic carbocycles. The molecule has 0 aliphatic carbocycles. The average molecular weight is 609 g/mol. The van der Waals surface area contributed by atoms with Gasteiger partial charge in [-0.1, -0.05) is 0 Å². The van der Waals surface area contributed by atoms with Crippen LogP contribution in [-0.2, 0) is 23.6 Å². The van der Waals surface area contributed by atoms with Gasteiger partial charge in [0.05, 0.1) is 42.4 Å². The number of carbonyl (C=O) groups excluding carboxylic acids is 4. The van der Waals surface area contributed by atoms with Crippen molar-refractivity contribution in [3.8, 4) is 11.5 Å². The fourth-order valence-electron chi connectivity index (χ4n) is 4.66. The van der Waals surface area contributed by atoms with Gasteiger partial charge in [0.2, 0.25) is 0 Å². The van der Waals surface area contributed by atoms with E-state index >= 15 is 0 Å². The summed E-state index contributed by atoms with van der Waals surface area (Å²) >= 11 is 0. The Bertz CT molecular complexity index is 1490. The lowest BCUT2D eigenvalue weighted by atomic mass is 10.1. The Morgan fingerprint density at radius 2 is 1.86 bits per heavy atom. The summed E-state index contributed by atoms with van der Waals surface area (Å²) in [5.41, 5.74) is 2.23. The lowest BCUT2D eigenvalue weighted by Crippen LogP contribution is -2.35. The normalized spacial score (nSPS) is 14.6. The molecule has 236 valence electrons. The first-order valence-corrected chi connectivity index (χ1v) is 14.1. The van der Waals surface area contributed by atoms with Gasteiger partial charge in [-0.3, -0.25) is 19.4 Å². The van der Waals surface area contributed by atoms with Crippen LogP contribution in [0.15, 0.2) is 41.8 Å². The molecular weight excluding hydrogens is 568 g/mol. The lowest BCUT2D eigenvalue weighted by molar-refractivity contribution is -0.117. The van der Waals surface area contributed by atoms with E-state index in [0.29, 0.717) is 59.4 Å². The molecule has 0 radical (unpaired) electrons. The summed E-state index contributed by atoms with van der Waals surface area (Å²) in [7, 11) is 8.27. The molecule has 2 aliphatic rings. The van der Waals surface area contributed by atoms with Crippen molar-refractivity contribution in [2.75, 3.05) is 39.8 Å². The first-order chi connectivity index (χ1) is 21.1. The molecule has 1 fully saturated rings. The average Bonchev–Trinajstić information content (AvgIpc) is 3.72. The molecule has 3 aromatic rings. The predicted octanol–water partition coefficient (Wildman–Crippen LogP) is 3.85. The molecule has 0 saturated carbocycles. The number of hydrogen-bond acceptors (Lipinski definition) is 9. The molecule has 44 heavy (non-hydrogen) atoms. The van der Waals surface area contributed by atoms with E-state index in [0.717, 1.165) is 25.7 Å². The third-order valence-electron chi connectivity index (χ3n) is 6.84. The lowest BCUT2D eigenvalue weighted by Gasteiger charge is -2.20. The SMILES string of the molecule is COC.COc1cc2c(cc1OCCCC(C)=O)N=CC1CCCN1C2=O.Cn1cc(NC(=O)c2nccn2C)cc1C=O. The van der Waals surface area contributed by atoms with Crippen LogP contribution in [0.2, 0.25) is 0 Å². The summed E-state index contributed by atoms with van der Waals surface area (Å²) in [6.45, 7) is 2.75. The van der Waals surface area contributed by atoms with Crippen molar-refractivity contribution in [3.05, 3.63) is 53.9 Å². The molecule has 1 saturated heterocycles. The number of nitrogens with zero attached hydrogens (tertiary/aromatic N) is 5. The Hall–Kier alpha value is -4.78. The van der Waals surface area contributed by atoms with Crippen molar-refractivity contribution in [1.29, 1.82) is 0 Å². The number of aliphatic imine (C=N–C) groups is 1. The van der Waals surface area contributed by atoms with Crippen LogP contribution in [-0.4, -0.2) is 89.6 Å². The van der Waals surface area contributed by atoms with Gasteiger partial charge in [0, 0.05) is 72.2 Å². The van der Waals surface area contributed by atoms with Gasteiger partial charge in [-0.15, -0.1) is 0 Å². The Labute approximate surface area is 256 Å². The highest BCUT2D eigenvalue weighted by Gasteiger charge is 2.32. The smallest absolute Gasteiger partial charge is 0.291 e. The standard InChI is InChI=1S/C18H22N2O4.C11H12N4O2.C2H6O/c1-12(21)5-4-8-24-17-10-15-14(9-16(17)23-2)18(22)20-7-3-6-13(20)11-19-15;1-14-4-3-12-10(14)11(17)13-8-5-9(7-16)15(2)6-8;1-3-2/h9-11,13H,3-8H2,1-2H3;3-7H,1-2H3,(H,13,17);1-2H3. The Morgan fingerprint density at radius 1 is 1.11 bits per heavy atom. The monoisotopic (exact) mass is 608 g/mol. The summed E-state index contributed by atoms with van der Waals surface area (Å²) in [6, 6.07) is 5.14. The maximum absolute atomic E-state index is 12.7. The van der Waals surface area contributed by atoms with Crippen LogP contribution in [0.3, 0.4) is 0 Å². The van der Waals surface area contributed by atoms with Crippen molar-refractivity contribution in [1.82, 2.24) is 19.0 Å².